The molecule has 0 aliphatic carbocycles. The molecule has 0 radical (unpaired) electrons. The largest absolute Gasteiger partial charge is 0.491 e. The zero-order chi connectivity index (χ0) is 16.4. The third-order valence-electron chi connectivity index (χ3n) is 4.54. The maximum absolute atomic E-state index is 11.7. The number of hydrogen-bond acceptors (Lipinski definition) is 3. The van der Waals surface area contributed by atoms with Crippen molar-refractivity contribution in [2.75, 3.05) is 19.7 Å². The third kappa shape index (κ3) is 3.21. The molecule has 1 atom stereocenters. The Kier molecular flexibility index (Phi) is 4.09. The predicted octanol–water partition coefficient (Wildman–Crippen LogP) is 2.44. The van der Waals surface area contributed by atoms with Gasteiger partial charge in [0, 0.05) is 12.5 Å². The zero-order valence-corrected chi connectivity index (χ0v) is 13.5. The van der Waals surface area contributed by atoms with E-state index in [4.69, 9.17) is 4.74 Å². The van der Waals surface area contributed by atoms with Gasteiger partial charge in [-0.2, -0.15) is 0 Å². The van der Waals surface area contributed by atoms with Gasteiger partial charge in [-0.1, -0.05) is 30.3 Å². The number of aromatic amines is 2. The molecule has 1 unspecified atom stereocenters. The van der Waals surface area contributed by atoms with E-state index in [1.165, 1.54) is 5.56 Å². The molecule has 1 aromatic heterocycles. The van der Waals surface area contributed by atoms with Crippen LogP contribution < -0.4 is 15.7 Å². The first kappa shape index (κ1) is 15.0. The van der Waals surface area contributed by atoms with E-state index in [1.54, 1.807) is 0 Å². The number of benzene rings is 2. The van der Waals surface area contributed by atoms with Crippen LogP contribution in [0.5, 0.6) is 5.75 Å². The summed E-state index contributed by atoms with van der Waals surface area (Å²) in [5, 5.41) is 3.35. The van der Waals surface area contributed by atoms with Crippen LogP contribution in [0.25, 0.3) is 11.0 Å². The fourth-order valence-corrected chi connectivity index (χ4v) is 3.28. The molecule has 3 N–H and O–H groups in total. The molecule has 1 fully saturated rings. The van der Waals surface area contributed by atoms with Gasteiger partial charge in [-0.3, -0.25) is 0 Å². The SMILES string of the molecule is O=c1[nH]c2cc(Cc3ccccc3)cc(OCC3CCNC3)c2[nH]1. The molecule has 3 aromatic rings. The highest BCUT2D eigenvalue weighted by Crippen LogP contribution is 2.26. The van der Waals surface area contributed by atoms with Crippen LogP contribution in [0.15, 0.2) is 47.3 Å². The highest BCUT2D eigenvalue weighted by Gasteiger charge is 2.16. The second kappa shape index (κ2) is 6.53. The summed E-state index contributed by atoms with van der Waals surface area (Å²) >= 11 is 0. The van der Waals surface area contributed by atoms with E-state index in [0.29, 0.717) is 12.5 Å². The molecule has 0 bridgehead atoms. The van der Waals surface area contributed by atoms with Gasteiger partial charge in [-0.25, -0.2) is 4.79 Å². The molecule has 1 saturated heterocycles. The number of nitrogens with one attached hydrogen (secondary N) is 3. The summed E-state index contributed by atoms with van der Waals surface area (Å²) in [6.07, 6.45) is 1.95. The van der Waals surface area contributed by atoms with Crippen LogP contribution in [0.3, 0.4) is 0 Å². The summed E-state index contributed by atoms with van der Waals surface area (Å²) < 4.78 is 6.06. The van der Waals surface area contributed by atoms with Gasteiger partial charge < -0.3 is 20.0 Å². The molecule has 124 valence electrons. The minimum Gasteiger partial charge on any atom is -0.491 e. The van der Waals surface area contributed by atoms with Crippen LogP contribution in [0.1, 0.15) is 17.5 Å². The van der Waals surface area contributed by atoms with Gasteiger partial charge in [0.1, 0.15) is 11.3 Å². The fraction of sp³-hybridized carbons (Fsp3) is 0.316. The highest BCUT2D eigenvalue weighted by molar-refractivity contribution is 5.82. The molecule has 1 aliphatic rings. The van der Waals surface area contributed by atoms with Gasteiger partial charge >= 0.3 is 5.69 Å². The van der Waals surface area contributed by atoms with Crippen molar-refractivity contribution in [3.8, 4) is 5.75 Å². The number of fused-ring (bicyclic) bond motifs is 1. The average Bonchev–Trinajstić information content (AvgIpc) is 3.22. The Balaban J connectivity index is 1.63. The average molecular weight is 323 g/mol. The van der Waals surface area contributed by atoms with Crippen molar-refractivity contribution >= 4 is 11.0 Å². The molecule has 0 amide bonds. The van der Waals surface area contributed by atoms with E-state index in [1.807, 2.05) is 30.3 Å². The lowest BCUT2D eigenvalue weighted by Crippen LogP contribution is -2.15. The normalized spacial score (nSPS) is 17.4. The lowest BCUT2D eigenvalue weighted by Gasteiger charge is -2.13. The number of imidazole rings is 1. The Labute approximate surface area is 140 Å². The maximum Gasteiger partial charge on any atom is 0.323 e. The van der Waals surface area contributed by atoms with Crippen molar-refractivity contribution in [1.82, 2.24) is 15.3 Å². The Morgan fingerprint density at radius 1 is 1.08 bits per heavy atom. The van der Waals surface area contributed by atoms with Gasteiger partial charge in [0.25, 0.3) is 0 Å². The maximum atomic E-state index is 11.7. The van der Waals surface area contributed by atoms with Crippen molar-refractivity contribution < 1.29 is 4.74 Å². The van der Waals surface area contributed by atoms with Gasteiger partial charge in [-0.15, -0.1) is 0 Å². The minimum absolute atomic E-state index is 0.200. The lowest BCUT2D eigenvalue weighted by molar-refractivity contribution is 0.262. The first-order valence-corrected chi connectivity index (χ1v) is 8.40. The number of aromatic nitrogens is 2. The van der Waals surface area contributed by atoms with Gasteiger partial charge in [0.05, 0.1) is 12.1 Å². The van der Waals surface area contributed by atoms with Crippen molar-refractivity contribution in [3.05, 3.63) is 64.1 Å². The van der Waals surface area contributed by atoms with E-state index in [9.17, 15) is 4.79 Å². The molecule has 1 aliphatic heterocycles. The Bertz CT molecular complexity index is 877. The van der Waals surface area contributed by atoms with Crippen LogP contribution >= 0.6 is 0 Å². The number of hydrogen-bond donors (Lipinski definition) is 3. The minimum atomic E-state index is -0.200. The first-order valence-electron chi connectivity index (χ1n) is 8.40. The van der Waals surface area contributed by atoms with Crippen molar-refractivity contribution in [1.29, 1.82) is 0 Å². The second-order valence-electron chi connectivity index (χ2n) is 6.43. The summed E-state index contributed by atoms with van der Waals surface area (Å²) in [5.74, 6) is 1.28. The smallest absolute Gasteiger partial charge is 0.323 e. The van der Waals surface area contributed by atoms with E-state index >= 15 is 0 Å². The van der Waals surface area contributed by atoms with E-state index in [2.05, 4.69) is 27.4 Å². The molecular weight excluding hydrogens is 302 g/mol. The Morgan fingerprint density at radius 2 is 1.96 bits per heavy atom. The fourth-order valence-electron chi connectivity index (χ4n) is 3.28. The molecule has 24 heavy (non-hydrogen) atoms. The Hall–Kier alpha value is -2.53. The highest BCUT2D eigenvalue weighted by atomic mass is 16.5. The van der Waals surface area contributed by atoms with E-state index in [0.717, 1.165) is 48.3 Å². The zero-order valence-electron chi connectivity index (χ0n) is 13.5. The van der Waals surface area contributed by atoms with Gasteiger partial charge in [0.2, 0.25) is 0 Å². The van der Waals surface area contributed by atoms with E-state index < -0.39 is 0 Å². The molecular formula is C19H21N3O2. The quantitative estimate of drug-likeness (QED) is 0.675. The third-order valence-corrected chi connectivity index (χ3v) is 4.54. The molecule has 0 spiro atoms. The number of ether oxygens (including phenoxy) is 1. The van der Waals surface area contributed by atoms with Gasteiger partial charge in [-0.05, 0) is 42.6 Å². The molecule has 5 nitrogen and oxygen atoms in total. The standard InChI is InChI=1S/C19H21N3O2/c23-19-21-16-9-15(8-13-4-2-1-3-5-13)10-17(18(16)22-19)24-12-14-6-7-20-11-14/h1-5,9-10,14,20H,6-8,11-12H2,(H2,21,22,23). The van der Waals surface area contributed by atoms with Crippen LogP contribution in [0, 0.1) is 5.92 Å². The molecule has 2 aromatic carbocycles. The number of rotatable bonds is 5. The molecule has 5 heteroatoms. The van der Waals surface area contributed by atoms with E-state index in [-0.39, 0.29) is 5.69 Å². The van der Waals surface area contributed by atoms with Crippen LogP contribution in [-0.2, 0) is 6.42 Å². The van der Waals surface area contributed by atoms with Crippen molar-refractivity contribution in [2.45, 2.75) is 12.8 Å². The van der Waals surface area contributed by atoms with Crippen molar-refractivity contribution in [3.63, 3.8) is 0 Å². The monoisotopic (exact) mass is 323 g/mol. The van der Waals surface area contributed by atoms with Crippen LogP contribution in [0.4, 0.5) is 0 Å². The first-order chi connectivity index (χ1) is 11.8. The Morgan fingerprint density at radius 3 is 2.75 bits per heavy atom. The predicted molar refractivity (Wildman–Crippen MR) is 94.6 cm³/mol. The summed E-state index contributed by atoms with van der Waals surface area (Å²) in [7, 11) is 0. The van der Waals surface area contributed by atoms with Crippen LogP contribution in [0.2, 0.25) is 0 Å². The number of H-pyrrole nitrogens is 2. The van der Waals surface area contributed by atoms with Gasteiger partial charge in [0.15, 0.2) is 0 Å². The second-order valence-corrected chi connectivity index (χ2v) is 6.43. The lowest BCUT2D eigenvalue weighted by atomic mass is 10.0. The molecule has 0 saturated carbocycles. The summed E-state index contributed by atoms with van der Waals surface area (Å²) in [5.41, 5.74) is 3.72. The topological polar surface area (TPSA) is 69.9 Å². The summed E-state index contributed by atoms with van der Waals surface area (Å²) in [4.78, 5) is 17.4. The summed E-state index contributed by atoms with van der Waals surface area (Å²) in [6, 6.07) is 14.4. The molecule has 2 heterocycles. The molecule has 4 rings (SSSR count). The summed E-state index contributed by atoms with van der Waals surface area (Å²) in [6.45, 7) is 2.72. The van der Waals surface area contributed by atoms with Crippen molar-refractivity contribution in [2.24, 2.45) is 5.92 Å². The van der Waals surface area contributed by atoms with Crippen LogP contribution in [-0.4, -0.2) is 29.7 Å².